The number of aryl methyl sites for hydroxylation is 2. The number of nitrogens with two attached hydrogens (primary N) is 1. The van der Waals surface area contributed by atoms with Crippen LogP contribution in [0.15, 0.2) is 28.6 Å². The molecule has 1 aromatic carbocycles. The molecule has 2 aromatic rings. The third kappa shape index (κ3) is 3.32. The van der Waals surface area contributed by atoms with Crippen molar-refractivity contribution >= 4 is 21.4 Å². The van der Waals surface area contributed by atoms with Gasteiger partial charge in [-0.3, -0.25) is 0 Å². The second-order valence-electron chi connectivity index (χ2n) is 4.91. The summed E-state index contributed by atoms with van der Waals surface area (Å²) in [7, 11) is -1.94. The lowest BCUT2D eigenvalue weighted by Crippen LogP contribution is -2.26. The number of sulfonamides is 1. The Labute approximate surface area is 129 Å². The molecular weight excluding hydrogens is 306 g/mol. The van der Waals surface area contributed by atoms with E-state index in [2.05, 4.69) is 4.98 Å². The Kier molecular flexibility index (Phi) is 4.77. The fraction of sp³-hybridized carbons (Fsp3) is 0.357. The molecule has 0 saturated carbocycles. The van der Waals surface area contributed by atoms with Gasteiger partial charge in [-0.15, -0.1) is 11.3 Å². The number of benzene rings is 1. The minimum absolute atomic E-state index is 0.276. The molecule has 0 spiro atoms. The van der Waals surface area contributed by atoms with Gasteiger partial charge in [-0.2, -0.15) is 4.31 Å². The molecule has 0 atom stereocenters. The SMILES string of the molecule is Cc1ccc(S(=O)(=O)N(C)Cc2scnc2C)cc1CN. The van der Waals surface area contributed by atoms with Crippen molar-refractivity contribution in [3.05, 3.63) is 45.4 Å². The first-order chi connectivity index (χ1) is 9.86. The van der Waals surface area contributed by atoms with Gasteiger partial charge in [-0.25, -0.2) is 13.4 Å². The van der Waals surface area contributed by atoms with Gasteiger partial charge in [0.05, 0.1) is 16.1 Å². The van der Waals surface area contributed by atoms with Gasteiger partial charge in [0, 0.05) is 25.0 Å². The summed E-state index contributed by atoms with van der Waals surface area (Å²) in [6.07, 6.45) is 0. The highest BCUT2D eigenvalue weighted by atomic mass is 32.2. The zero-order valence-corrected chi connectivity index (χ0v) is 14.0. The van der Waals surface area contributed by atoms with Gasteiger partial charge in [-0.1, -0.05) is 6.07 Å². The normalized spacial score (nSPS) is 12.0. The zero-order chi connectivity index (χ0) is 15.6. The van der Waals surface area contributed by atoms with E-state index in [0.717, 1.165) is 21.7 Å². The standard InChI is InChI=1S/C14H19N3O2S2/c1-10-4-5-13(6-12(10)7-15)21(18,19)17(3)8-14-11(2)16-9-20-14/h4-6,9H,7-8,15H2,1-3H3. The number of thiazole rings is 1. The molecular formula is C14H19N3O2S2. The van der Waals surface area contributed by atoms with Crippen molar-refractivity contribution in [3.63, 3.8) is 0 Å². The molecule has 0 radical (unpaired) electrons. The van der Waals surface area contributed by atoms with Crippen LogP contribution in [0, 0.1) is 13.8 Å². The van der Waals surface area contributed by atoms with Gasteiger partial charge in [0.25, 0.3) is 0 Å². The van der Waals surface area contributed by atoms with Crippen LogP contribution in [0.25, 0.3) is 0 Å². The lowest BCUT2D eigenvalue weighted by atomic mass is 10.1. The Bertz CT molecular complexity index is 738. The smallest absolute Gasteiger partial charge is 0.243 e. The van der Waals surface area contributed by atoms with Gasteiger partial charge in [-0.05, 0) is 37.1 Å². The first-order valence-corrected chi connectivity index (χ1v) is 8.83. The predicted molar refractivity (Wildman–Crippen MR) is 84.6 cm³/mol. The maximum absolute atomic E-state index is 12.6. The minimum Gasteiger partial charge on any atom is -0.326 e. The van der Waals surface area contributed by atoms with Crippen molar-refractivity contribution in [1.29, 1.82) is 0 Å². The number of aromatic nitrogens is 1. The van der Waals surface area contributed by atoms with Crippen molar-refractivity contribution in [2.24, 2.45) is 5.73 Å². The van der Waals surface area contributed by atoms with Crippen LogP contribution >= 0.6 is 11.3 Å². The quantitative estimate of drug-likeness (QED) is 0.912. The zero-order valence-electron chi connectivity index (χ0n) is 12.3. The summed E-state index contributed by atoms with van der Waals surface area (Å²) in [5, 5.41) is 0. The van der Waals surface area contributed by atoms with Crippen molar-refractivity contribution in [3.8, 4) is 0 Å². The fourth-order valence-corrected chi connectivity index (χ4v) is 4.07. The molecule has 1 aromatic heterocycles. The maximum atomic E-state index is 12.6. The van der Waals surface area contributed by atoms with Gasteiger partial charge in [0.2, 0.25) is 10.0 Å². The van der Waals surface area contributed by atoms with Crippen LogP contribution in [0.1, 0.15) is 21.7 Å². The lowest BCUT2D eigenvalue weighted by molar-refractivity contribution is 0.468. The van der Waals surface area contributed by atoms with E-state index in [1.165, 1.54) is 15.6 Å². The van der Waals surface area contributed by atoms with Gasteiger partial charge in [0.1, 0.15) is 0 Å². The van der Waals surface area contributed by atoms with E-state index in [-0.39, 0.29) is 4.90 Å². The van der Waals surface area contributed by atoms with Crippen molar-refractivity contribution < 1.29 is 8.42 Å². The van der Waals surface area contributed by atoms with Crippen molar-refractivity contribution in [1.82, 2.24) is 9.29 Å². The summed E-state index contributed by atoms with van der Waals surface area (Å²) < 4.78 is 26.6. The Morgan fingerprint density at radius 3 is 2.62 bits per heavy atom. The molecule has 0 aliphatic carbocycles. The molecule has 5 nitrogen and oxygen atoms in total. The third-order valence-corrected chi connectivity index (χ3v) is 6.18. The monoisotopic (exact) mass is 325 g/mol. The third-order valence-electron chi connectivity index (χ3n) is 3.46. The Hall–Kier alpha value is -1.28. The van der Waals surface area contributed by atoms with E-state index < -0.39 is 10.0 Å². The highest BCUT2D eigenvalue weighted by Crippen LogP contribution is 2.22. The Morgan fingerprint density at radius 2 is 2.05 bits per heavy atom. The molecule has 0 aliphatic heterocycles. The largest absolute Gasteiger partial charge is 0.326 e. The van der Waals surface area contributed by atoms with Crippen LogP contribution in [0.4, 0.5) is 0 Å². The molecule has 0 fully saturated rings. The molecule has 114 valence electrons. The van der Waals surface area contributed by atoms with Gasteiger partial charge < -0.3 is 5.73 Å². The Morgan fingerprint density at radius 1 is 1.33 bits per heavy atom. The first-order valence-electron chi connectivity index (χ1n) is 6.51. The summed E-state index contributed by atoms with van der Waals surface area (Å²) in [6, 6.07) is 5.07. The predicted octanol–water partition coefficient (Wildman–Crippen LogP) is 2.04. The van der Waals surface area contributed by atoms with E-state index >= 15 is 0 Å². The molecule has 0 aliphatic rings. The lowest BCUT2D eigenvalue weighted by Gasteiger charge is -2.17. The molecule has 21 heavy (non-hydrogen) atoms. The molecule has 2 rings (SSSR count). The second-order valence-corrected chi connectivity index (χ2v) is 7.90. The first kappa shape index (κ1) is 16.1. The molecule has 0 saturated heterocycles. The fourth-order valence-electron chi connectivity index (χ4n) is 1.97. The summed E-state index contributed by atoms with van der Waals surface area (Å²) in [6.45, 7) is 4.45. The van der Waals surface area contributed by atoms with Crippen molar-refractivity contribution in [2.75, 3.05) is 7.05 Å². The summed E-state index contributed by atoms with van der Waals surface area (Å²) in [4.78, 5) is 5.37. The summed E-state index contributed by atoms with van der Waals surface area (Å²) in [5.41, 5.74) is 10.1. The van der Waals surface area contributed by atoms with Crippen LogP contribution in [0.5, 0.6) is 0 Å². The highest BCUT2D eigenvalue weighted by Gasteiger charge is 2.22. The number of hydrogen-bond acceptors (Lipinski definition) is 5. The number of rotatable bonds is 5. The molecule has 0 bridgehead atoms. The second kappa shape index (κ2) is 6.23. The van der Waals surface area contributed by atoms with Crippen LogP contribution in [-0.4, -0.2) is 24.8 Å². The average Bonchev–Trinajstić information content (AvgIpc) is 2.84. The van der Waals surface area contributed by atoms with E-state index in [1.54, 1.807) is 30.8 Å². The molecule has 1 heterocycles. The number of nitrogens with zero attached hydrogens (tertiary/aromatic N) is 2. The molecule has 2 N–H and O–H groups in total. The van der Waals surface area contributed by atoms with Crippen LogP contribution < -0.4 is 5.73 Å². The topological polar surface area (TPSA) is 76.3 Å². The highest BCUT2D eigenvalue weighted by molar-refractivity contribution is 7.89. The summed E-state index contributed by atoms with van der Waals surface area (Å²) >= 11 is 1.46. The van der Waals surface area contributed by atoms with Gasteiger partial charge >= 0.3 is 0 Å². The van der Waals surface area contributed by atoms with Crippen LogP contribution in [-0.2, 0) is 23.1 Å². The molecule has 0 amide bonds. The van der Waals surface area contributed by atoms with E-state index in [4.69, 9.17) is 5.73 Å². The minimum atomic E-state index is -3.52. The Balaban J connectivity index is 2.31. The molecule has 7 heteroatoms. The summed E-state index contributed by atoms with van der Waals surface area (Å²) in [5.74, 6) is 0. The maximum Gasteiger partial charge on any atom is 0.243 e. The van der Waals surface area contributed by atoms with E-state index in [1.807, 2.05) is 13.8 Å². The van der Waals surface area contributed by atoms with Crippen LogP contribution in [0.3, 0.4) is 0 Å². The van der Waals surface area contributed by atoms with E-state index in [0.29, 0.717) is 13.1 Å². The number of hydrogen-bond donors (Lipinski definition) is 1. The van der Waals surface area contributed by atoms with Gasteiger partial charge in [0.15, 0.2) is 0 Å². The van der Waals surface area contributed by atoms with Crippen LogP contribution in [0.2, 0.25) is 0 Å². The van der Waals surface area contributed by atoms with Crippen molar-refractivity contribution in [2.45, 2.75) is 31.8 Å². The average molecular weight is 325 g/mol. The molecule has 0 unspecified atom stereocenters. The van der Waals surface area contributed by atoms with E-state index in [9.17, 15) is 8.42 Å².